The average molecular weight is 255 g/mol. The fourth-order valence-electron chi connectivity index (χ4n) is 2.25. The summed E-state index contributed by atoms with van der Waals surface area (Å²) in [7, 11) is 0. The Balaban J connectivity index is 2.69. The van der Waals surface area contributed by atoms with E-state index in [0.717, 1.165) is 18.7 Å². The van der Waals surface area contributed by atoms with Crippen LogP contribution in [-0.4, -0.2) is 37.2 Å². The molecule has 0 spiro atoms. The number of aliphatic hydroxyl groups is 2. The van der Waals surface area contributed by atoms with E-state index in [2.05, 4.69) is 10.1 Å². The molecular formula is C13H25N3O2. The molecule has 5 heteroatoms. The minimum atomic E-state index is -0.781. The lowest BCUT2D eigenvalue weighted by atomic mass is 9.91. The van der Waals surface area contributed by atoms with Crippen molar-refractivity contribution in [2.75, 3.05) is 0 Å². The minimum absolute atomic E-state index is 0.135. The summed E-state index contributed by atoms with van der Waals surface area (Å²) in [5.74, 6) is 0.859. The SMILES string of the molecule is CCC(CC)C(O)C(O)Cc1ncnn1C(C)C. The fraction of sp³-hybridized carbons (Fsp3) is 0.846. The molecule has 1 aromatic heterocycles. The van der Waals surface area contributed by atoms with Crippen molar-refractivity contribution in [1.82, 2.24) is 14.8 Å². The van der Waals surface area contributed by atoms with Crippen molar-refractivity contribution in [3.8, 4) is 0 Å². The van der Waals surface area contributed by atoms with E-state index in [-0.39, 0.29) is 12.0 Å². The van der Waals surface area contributed by atoms with Crippen molar-refractivity contribution in [2.24, 2.45) is 5.92 Å². The molecule has 5 nitrogen and oxygen atoms in total. The lowest BCUT2D eigenvalue weighted by Gasteiger charge is -2.25. The van der Waals surface area contributed by atoms with Gasteiger partial charge in [0.25, 0.3) is 0 Å². The second-order valence-electron chi connectivity index (χ2n) is 5.05. The highest BCUT2D eigenvalue weighted by atomic mass is 16.3. The summed E-state index contributed by atoms with van der Waals surface area (Å²) < 4.78 is 1.78. The summed E-state index contributed by atoms with van der Waals surface area (Å²) in [6.45, 7) is 8.09. The summed E-state index contributed by atoms with van der Waals surface area (Å²) in [6, 6.07) is 0.208. The van der Waals surface area contributed by atoms with Crippen LogP contribution in [-0.2, 0) is 6.42 Å². The Hall–Kier alpha value is -0.940. The molecule has 1 aromatic rings. The largest absolute Gasteiger partial charge is 0.390 e. The Bertz CT molecular complexity index is 348. The van der Waals surface area contributed by atoms with Crippen molar-refractivity contribution in [3.63, 3.8) is 0 Å². The van der Waals surface area contributed by atoms with Crippen molar-refractivity contribution in [1.29, 1.82) is 0 Å². The van der Waals surface area contributed by atoms with Crippen LogP contribution >= 0.6 is 0 Å². The Morgan fingerprint density at radius 2 is 1.83 bits per heavy atom. The maximum atomic E-state index is 10.1. The molecule has 2 atom stereocenters. The summed E-state index contributed by atoms with van der Waals surface area (Å²) in [6.07, 6.45) is 2.09. The van der Waals surface area contributed by atoms with Gasteiger partial charge in [-0.3, -0.25) is 0 Å². The van der Waals surface area contributed by atoms with E-state index in [4.69, 9.17) is 0 Å². The third kappa shape index (κ3) is 3.53. The average Bonchev–Trinajstić information content (AvgIpc) is 2.78. The van der Waals surface area contributed by atoms with E-state index in [1.165, 1.54) is 6.33 Å². The zero-order valence-corrected chi connectivity index (χ0v) is 11.7. The van der Waals surface area contributed by atoms with Gasteiger partial charge in [-0.05, 0) is 19.8 Å². The van der Waals surface area contributed by atoms with E-state index in [1.54, 1.807) is 4.68 Å². The molecule has 0 radical (unpaired) electrons. The van der Waals surface area contributed by atoms with Crippen LogP contribution in [0.15, 0.2) is 6.33 Å². The van der Waals surface area contributed by atoms with E-state index in [0.29, 0.717) is 6.42 Å². The fourth-order valence-corrected chi connectivity index (χ4v) is 2.25. The Morgan fingerprint density at radius 3 is 2.33 bits per heavy atom. The molecule has 1 heterocycles. The van der Waals surface area contributed by atoms with Crippen molar-refractivity contribution >= 4 is 0 Å². The van der Waals surface area contributed by atoms with Crippen molar-refractivity contribution < 1.29 is 10.2 Å². The first kappa shape index (κ1) is 15.1. The number of hydrogen-bond acceptors (Lipinski definition) is 4. The topological polar surface area (TPSA) is 71.2 Å². The Morgan fingerprint density at radius 1 is 1.22 bits per heavy atom. The molecule has 0 aliphatic rings. The molecule has 2 unspecified atom stereocenters. The van der Waals surface area contributed by atoms with Crippen LogP contribution in [0.4, 0.5) is 0 Å². The molecule has 0 bridgehead atoms. The van der Waals surface area contributed by atoms with Gasteiger partial charge in [0.2, 0.25) is 0 Å². The number of aromatic nitrogens is 3. The Kier molecular flexibility index (Phi) is 5.75. The monoisotopic (exact) mass is 255 g/mol. The van der Waals surface area contributed by atoms with Crippen LogP contribution in [0.5, 0.6) is 0 Å². The van der Waals surface area contributed by atoms with E-state index in [9.17, 15) is 10.2 Å². The maximum absolute atomic E-state index is 10.1. The first-order valence-electron chi connectivity index (χ1n) is 6.75. The molecule has 0 saturated carbocycles. The molecule has 0 fully saturated rings. The van der Waals surface area contributed by atoms with Crippen LogP contribution in [0.25, 0.3) is 0 Å². The van der Waals surface area contributed by atoms with Gasteiger partial charge in [0.15, 0.2) is 0 Å². The maximum Gasteiger partial charge on any atom is 0.138 e. The lowest BCUT2D eigenvalue weighted by Crippen LogP contribution is -2.35. The predicted octanol–water partition coefficient (Wildman–Crippen LogP) is 1.56. The number of rotatable bonds is 7. The molecule has 0 saturated heterocycles. The third-order valence-corrected chi connectivity index (χ3v) is 3.45. The lowest BCUT2D eigenvalue weighted by molar-refractivity contribution is -0.0202. The summed E-state index contributed by atoms with van der Waals surface area (Å²) >= 11 is 0. The normalized spacial score (nSPS) is 15.3. The summed E-state index contributed by atoms with van der Waals surface area (Å²) in [4.78, 5) is 4.15. The van der Waals surface area contributed by atoms with Crippen LogP contribution in [0.3, 0.4) is 0 Å². The molecule has 0 aromatic carbocycles. The van der Waals surface area contributed by atoms with Crippen molar-refractivity contribution in [2.45, 2.75) is 65.2 Å². The van der Waals surface area contributed by atoms with Gasteiger partial charge in [0.05, 0.1) is 12.2 Å². The van der Waals surface area contributed by atoms with Gasteiger partial charge in [-0.25, -0.2) is 9.67 Å². The third-order valence-electron chi connectivity index (χ3n) is 3.45. The Labute approximate surface area is 109 Å². The number of aliphatic hydroxyl groups excluding tert-OH is 2. The molecule has 0 aliphatic heterocycles. The first-order chi connectivity index (χ1) is 8.51. The smallest absolute Gasteiger partial charge is 0.138 e. The van der Waals surface area contributed by atoms with Crippen LogP contribution < -0.4 is 0 Å². The van der Waals surface area contributed by atoms with E-state index < -0.39 is 12.2 Å². The molecule has 0 aliphatic carbocycles. The van der Waals surface area contributed by atoms with Crippen LogP contribution in [0, 0.1) is 5.92 Å². The molecular weight excluding hydrogens is 230 g/mol. The highest BCUT2D eigenvalue weighted by Gasteiger charge is 2.25. The summed E-state index contributed by atoms with van der Waals surface area (Å²) in [5.41, 5.74) is 0. The minimum Gasteiger partial charge on any atom is -0.390 e. The highest BCUT2D eigenvalue weighted by Crippen LogP contribution is 2.18. The first-order valence-corrected chi connectivity index (χ1v) is 6.75. The molecule has 0 amide bonds. The van der Waals surface area contributed by atoms with Gasteiger partial charge >= 0.3 is 0 Å². The number of nitrogens with zero attached hydrogens (tertiary/aromatic N) is 3. The molecule has 18 heavy (non-hydrogen) atoms. The standard InChI is InChI=1S/C13H25N3O2/c1-5-10(6-2)13(18)11(17)7-12-14-8-15-16(12)9(3)4/h8-11,13,17-18H,5-7H2,1-4H3. The zero-order valence-electron chi connectivity index (χ0n) is 11.7. The quantitative estimate of drug-likeness (QED) is 0.775. The number of hydrogen-bond donors (Lipinski definition) is 2. The van der Waals surface area contributed by atoms with Gasteiger partial charge in [-0.2, -0.15) is 5.10 Å². The van der Waals surface area contributed by atoms with E-state index in [1.807, 2.05) is 27.7 Å². The van der Waals surface area contributed by atoms with Gasteiger partial charge in [-0.15, -0.1) is 0 Å². The molecule has 1 rings (SSSR count). The molecule has 104 valence electrons. The highest BCUT2D eigenvalue weighted by molar-refractivity contribution is 4.91. The van der Waals surface area contributed by atoms with Crippen LogP contribution in [0.1, 0.15) is 52.4 Å². The molecule has 2 N–H and O–H groups in total. The summed E-state index contributed by atoms with van der Waals surface area (Å²) in [5, 5.41) is 24.3. The predicted molar refractivity (Wildman–Crippen MR) is 70.2 cm³/mol. The van der Waals surface area contributed by atoms with Gasteiger partial charge in [0.1, 0.15) is 12.2 Å². The van der Waals surface area contributed by atoms with Gasteiger partial charge < -0.3 is 10.2 Å². The van der Waals surface area contributed by atoms with Gasteiger partial charge in [-0.1, -0.05) is 26.7 Å². The van der Waals surface area contributed by atoms with Crippen molar-refractivity contribution in [3.05, 3.63) is 12.2 Å². The zero-order chi connectivity index (χ0) is 13.7. The second-order valence-corrected chi connectivity index (χ2v) is 5.05. The van der Waals surface area contributed by atoms with Gasteiger partial charge in [0, 0.05) is 12.5 Å². The second kappa shape index (κ2) is 6.85. The van der Waals surface area contributed by atoms with Crippen LogP contribution in [0.2, 0.25) is 0 Å². The van der Waals surface area contributed by atoms with E-state index >= 15 is 0 Å².